The van der Waals surface area contributed by atoms with Gasteiger partial charge in [0.2, 0.25) is 5.42 Å². The summed E-state index contributed by atoms with van der Waals surface area (Å²) in [6.07, 6.45) is 0. The second-order valence-corrected chi connectivity index (χ2v) is 2.00. The maximum Gasteiger partial charge on any atom is 0.321 e. The van der Waals surface area contributed by atoms with Gasteiger partial charge in [-0.05, 0) is 19.1 Å². The molecule has 11 heavy (non-hydrogen) atoms. The Balaban J connectivity index is 3.05. The summed E-state index contributed by atoms with van der Waals surface area (Å²) < 4.78 is 9.77. The van der Waals surface area contributed by atoms with Gasteiger partial charge in [0.05, 0.1) is 6.61 Å². The van der Waals surface area contributed by atoms with E-state index in [1.165, 1.54) is 0 Å². The van der Waals surface area contributed by atoms with Gasteiger partial charge in [0.25, 0.3) is 0 Å². The molecule has 0 spiro atoms. The predicted octanol–water partition coefficient (Wildman–Crippen LogP) is 0.350. The van der Waals surface area contributed by atoms with Crippen LogP contribution in [0.4, 0.5) is 0 Å². The molecule has 1 aromatic rings. The molecule has 0 unspecified atom stereocenters. The minimum absolute atomic E-state index is 0.192. The highest BCUT2D eigenvalue weighted by Gasteiger charge is 1.95. The van der Waals surface area contributed by atoms with Crippen molar-refractivity contribution in [2.45, 2.75) is 6.92 Å². The minimum atomic E-state index is -0.192. The number of rotatable bonds is 2. The van der Waals surface area contributed by atoms with Crippen LogP contribution >= 0.6 is 0 Å². The van der Waals surface area contributed by atoms with E-state index in [2.05, 4.69) is 6.58 Å². The second-order valence-electron chi connectivity index (χ2n) is 2.00. The van der Waals surface area contributed by atoms with Crippen LogP contribution in [0.3, 0.4) is 0 Å². The fraction of sp³-hybridized carbons (Fsp3) is 0.250. The highest BCUT2D eigenvalue weighted by molar-refractivity contribution is 5.20. The summed E-state index contributed by atoms with van der Waals surface area (Å²) in [4.78, 5) is 0. The van der Waals surface area contributed by atoms with Crippen molar-refractivity contribution in [1.82, 2.24) is 0 Å². The van der Waals surface area contributed by atoms with Crippen LogP contribution in [0.1, 0.15) is 6.92 Å². The van der Waals surface area contributed by atoms with Gasteiger partial charge in [0.1, 0.15) is 5.42 Å². The Morgan fingerprint density at radius 2 is 2.45 bits per heavy atom. The lowest BCUT2D eigenvalue weighted by Crippen LogP contribution is -2.06. The van der Waals surface area contributed by atoms with Crippen LogP contribution in [-0.4, -0.2) is 11.7 Å². The van der Waals surface area contributed by atoms with Gasteiger partial charge < -0.3 is 14.3 Å². The first-order chi connectivity index (χ1) is 5.24. The molecule has 3 nitrogen and oxygen atoms in total. The lowest BCUT2D eigenvalue weighted by molar-refractivity contribution is 0.181. The monoisotopic (exact) mass is 154 g/mol. The smallest absolute Gasteiger partial charge is 0.321 e. The zero-order valence-corrected chi connectivity index (χ0v) is 6.33. The van der Waals surface area contributed by atoms with E-state index in [9.17, 15) is 0 Å². The summed E-state index contributed by atoms with van der Waals surface area (Å²) in [6, 6.07) is 3.26. The number of furan rings is 1. The summed E-state index contributed by atoms with van der Waals surface area (Å²) in [5.74, 6) is -0.192. The predicted molar refractivity (Wildman–Crippen MR) is 41.1 cm³/mol. The van der Waals surface area contributed by atoms with E-state index in [-0.39, 0.29) is 5.95 Å². The van der Waals surface area contributed by atoms with Crippen molar-refractivity contribution >= 4 is 12.5 Å². The maximum atomic E-state index is 9.11. The van der Waals surface area contributed by atoms with Crippen LogP contribution in [0.15, 0.2) is 16.5 Å². The first-order valence-corrected chi connectivity index (χ1v) is 3.35. The van der Waals surface area contributed by atoms with E-state index in [1.807, 2.05) is 0 Å². The third-order valence-corrected chi connectivity index (χ3v) is 1.15. The van der Waals surface area contributed by atoms with Gasteiger partial charge in [-0.25, -0.2) is 0 Å². The Labute approximate surface area is 64.2 Å². The summed E-state index contributed by atoms with van der Waals surface area (Å²) in [6.45, 7) is 5.73. The van der Waals surface area contributed by atoms with E-state index < -0.39 is 0 Å². The highest BCUT2D eigenvalue weighted by atomic mass is 16.6. The van der Waals surface area contributed by atoms with Crippen molar-refractivity contribution in [2.75, 3.05) is 6.61 Å². The van der Waals surface area contributed by atoms with Crippen molar-refractivity contribution in [1.29, 1.82) is 0 Å². The number of aliphatic hydroxyl groups excluding tert-OH is 1. The van der Waals surface area contributed by atoms with Gasteiger partial charge in [-0.3, -0.25) is 0 Å². The largest absolute Gasteiger partial charge is 0.478 e. The van der Waals surface area contributed by atoms with Crippen molar-refractivity contribution in [3.63, 3.8) is 0 Å². The van der Waals surface area contributed by atoms with Crippen LogP contribution in [-0.2, 0) is 4.74 Å². The fourth-order valence-corrected chi connectivity index (χ4v) is 0.701. The van der Waals surface area contributed by atoms with Crippen LogP contribution in [0.2, 0.25) is 0 Å². The summed E-state index contributed by atoms with van der Waals surface area (Å²) in [7, 11) is 0. The van der Waals surface area contributed by atoms with Gasteiger partial charge in [0, 0.05) is 0 Å². The Bertz CT molecular complexity index is 323. The summed E-state index contributed by atoms with van der Waals surface area (Å²) in [5, 5.41) is 9.11. The van der Waals surface area contributed by atoms with Crippen LogP contribution in [0.25, 0.3) is 12.5 Å². The zero-order valence-electron chi connectivity index (χ0n) is 6.33. The zero-order chi connectivity index (χ0) is 8.27. The quantitative estimate of drug-likeness (QED) is 0.668. The van der Waals surface area contributed by atoms with Gasteiger partial charge in [-0.15, -0.1) is 0 Å². The maximum absolute atomic E-state index is 9.11. The van der Waals surface area contributed by atoms with Crippen molar-refractivity contribution < 1.29 is 14.3 Å². The molecule has 0 saturated heterocycles. The molecule has 3 heteroatoms. The molecular formula is C8H10O3. The van der Waals surface area contributed by atoms with E-state index in [1.54, 1.807) is 19.1 Å². The van der Waals surface area contributed by atoms with Gasteiger partial charge in [-0.2, -0.15) is 0 Å². The number of ether oxygens (including phenoxy) is 1. The number of hydrogen-bond acceptors (Lipinski definition) is 3. The molecule has 1 rings (SSSR count). The third-order valence-electron chi connectivity index (χ3n) is 1.15. The molecule has 0 atom stereocenters. The van der Waals surface area contributed by atoms with Crippen molar-refractivity contribution in [2.24, 2.45) is 0 Å². The van der Waals surface area contributed by atoms with E-state index in [0.29, 0.717) is 17.4 Å². The molecule has 0 aliphatic heterocycles. The molecule has 0 radical (unpaired) electrons. The average Bonchev–Trinajstić information content (AvgIpc) is 2.36. The Morgan fingerprint density at radius 3 is 2.91 bits per heavy atom. The van der Waals surface area contributed by atoms with E-state index in [4.69, 9.17) is 14.3 Å². The molecule has 0 aliphatic carbocycles. The first kappa shape index (κ1) is 7.72. The van der Waals surface area contributed by atoms with E-state index >= 15 is 0 Å². The topological polar surface area (TPSA) is 42.6 Å². The fourth-order valence-electron chi connectivity index (χ4n) is 0.701. The molecule has 1 N–H and O–H groups in total. The van der Waals surface area contributed by atoms with Crippen LogP contribution in [0, 0.1) is 0 Å². The molecule has 0 bridgehead atoms. The number of hydrogen-bond donors (Lipinski definition) is 1. The molecule has 60 valence electrons. The second kappa shape index (κ2) is 3.14. The van der Waals surface area contributed by atoms with Gasteiger partial charge >= 0.3 is 5.95 Å². The SMILES string of the molecule is C=c1ccc(=C(O)OCC)o1. The van der Waals surface area contributed by atoms with Crippen LogP contribution in [0.5, 0.6) is 0 Å². The Hall–Kier alpha value is -1.38. The Morgan fingerprint density at radius 1 is 1.73 bits per heavy atom. The van der Waals surface area contributed by atoms with Gasteiger partial charge in [-0.1, -0.05) is 6.58 Å². The Kier molecular flexibility index (Phi) is 2.21. The van der Waals surface area contributed by atoms with Crippen molar-refractivity contribution in [3.8, 4) is 0 Å². The summed E-state index contributed by atoms with van der Waals surface area (Å²) in [5.41, 5.74) is 0.822. The first-order valence-electron chi connectivity index (χ1n) is 3.35. The molecule has 0 aromatic carbocycles. The molecular weight excluding hydrogens is 144 g/mol. The van der Waals surface area contributed by atoms with Crippen molar-refractivity contribution in [3.05, 3.63) is 23.0 Å². The molecule has 0 amide bonds. The van der Waals surface area contributed by atoms with E-state index in [0.717, 1.165) is 0 Å². The molecule has 1 aromatic heterocycles. The lowest BCUT2D eigenvalue weighted by Gasteiger charge is -1.96. The van der Waals surface area contributed by atoms with Crippen LogP contribution < -0.4 is 10.8 Å². The summed E-state index contributed by atoms with van der Waals surface area (Å²) >= 11 is 0. The normalized spacial score (nSPS) is 12.8. The molecule has 1 heterocycles. The standard InChI is InChI=1S/C8H10O3/c1-3-10-8(9)7-5-4-6(2)11-7/h4-5,9H,2-3H2,1H3. The number of aliphatic hydroxyl groups is 1. The lowest BCUT2D eigenvalue weighted by atomic mass is 10.6. The molecule has 0 saturated carbocycles. The van der Waals surface area contributed by atoms with Gasteiger partial charge in [0.15, 0.2) is 0 Å². The average molecular weight is 154 g/mol. The molecule has 0 aliphatic rings. The highest BCUT2D eigenvalue weighted by Crippen LogP contribution is 1.87. The third kappa shape index (κ3) is 1.77. The molecule has 0 fully saturated rings. The minimum Gasteiger partial charge on any atom is -0.478 e.